The minimum atomic E-state index is -0.808. The molecule has 17 heavy (non-hydrogen) atoms. The Morgan fingerprint density at radius 2 is 2.18 bits per heavy atom. The van der Waals surface area contributed by atoms with Gasteiger partial charge in [-0.15, -0.1) is 0 Å². The summed E-state index contributed by atoms with van der Waals surface area (Å²) >= 11 is 0. The van der Waals surface area contributed by atoms with Crippen molar-refractivity contribution in [2.24, 2.45) is 5.73 Å². The summed E-state index contributed by atoms with van der Waals surface area (Å²) in [6.07, 6.45) is 1.58. The van der Waals surface area contributed by atoms with Crippen LogP contribution in [-0.4, -0.2) is 23.7 Å². The van der Waals surface area contributed by atoms with Gasteiger partial charge in [0.2, 0.25) is 0 Å². The predicted molar refractivity (Wildman–Crippen MR) is 64.3 cm³/mol. The van der Waals surface area contributed by atoms with Gasteiger partial charge in [-0.25, -0.2) is 0 Å². The van der Waals surface area contributed by atoms with E-state index in [-0.39, 0.29) is 12.5 Å². The molecule has 1 aromatic rings. The van der Waals surface area contributed by atoms with Crippen LogP contribution in [0.4, 0.5) is 0 Å². The van der Waals surface area contributed by atoms with Crippen molar-refractivity contribution in [3.8, 4) is 5.75 Å². The van der Waals surface area contributed by atoms with Crippen LogP contribution < -0.4 is 10.5 Å². The zero-order valence-corrected chi connectivity index (χ0v) is 9.90. The fourth-order valence-corrected chi connectivity index (χ4v) is 2.41. The first-order valence-corrected chi connectivity index (χ1v) is 5.85. The molecule has 3 N–H and O–H groups in total. The van der Waals surface area contributed by atoms with Crippen LogP contribution in [-0.2, 0) is 24.1 Å². The normalized spacial score (nSPS) is 17.9. The number of hydrogen-bond donors (Lipinski definition) is 2. The Hall–Kier alpha value is -1.55. The monoisotopic (exact) mass is 235 g/mol. The third-order valence-corrected chi connectivity index (χ3v) is 3.06. The van der Waals surface area contributed by atoms with E-state index in [4.69, 9.17) is 15.6 Å². The van der Waals surface area contributed by atoms with Gasteiger partial charge in [0.15, 0.2) is 0 Å². The first kappa shape index (κ1) is 11.9. The molecule has 1 unspecified atom stereocenters. The molecule has 2 rings (SSSR count). The topological polar surface area (TPSA) is 72.5 Å². The van der Waals surface area contributed by atoms with Gasteiger partial charge in [-0.05, 0) is 42.5 Å². The Morgan fingerprint density at radius 3 is 2.82 bits per heavy atom. The van der Waals surface area contributed by atoms with Gasteiger partial charge in [0.05, 0.1) is 13.0 Å². The zero-order chi connectivity index (χ0) is 12.4. The number of carboxylic acids is 1. The van der Waals surface area contributed by atoms with Crippen molar-refractivity contribution >= 4 is 5.97 Å². The molecule has 4 heteroatoms. The van der Waals surface area contributed by atoms with E-state index in [9.17, 15) is 4.79 Å². The Balaban J connectivity index is 2.39. The van der Waals surface area contributed by atoms with Crippen LogP contribution in [0.3, 0.4) is 0 Å². The van der Waals surface area contributed by atoms with Crippen molar-refractivity contribution in [1.82, 2.24) is 0 Å². The van der Waals surface area contributed by atoms with Crippen LogP contribution >= 0.6 is 0 Å². The van der Waals surface area contributed by atoms with Crippen molar-refractivity contribution in [2.45, 2.75) is 32.2 Å². The molecule has 0 saturated carbocycles. The molecule has 1 aromatic carbocycles. The smallest absolute Gasteiger partial charge is 0.307 e. The van der Waals surface area contributed by atoms with Crippen molar-refractivity contribution in [3.05, 3.63) is 28.8 Å². The van der Waals surface area contributed by atoms with Crippen LogP contribution in [0.5, 0.6) is 5.75 Å². The maximum atomic E-state index is 10.8. The number of aliphatic carboxylic acids is 1. The molecule has 0 aromatic heterocycles. The van der Waals surface area contributed by atoms with Crippen LogP contribution in [0.15, 0.2) is 12.1 Å². The standard InChI is InChI=1S/C13H17NO3/c1-2-17-12-4-3-8(5-13(15)16)10-6-9(14)7-11(10)12/h3-4,9H,2,5-7,14H2,1H3,(H,15,16). The summed E-state index contributed by atoms with van der Waals surface area (Å²) < 4.78 is 5.55. The van der Waals surface area contributed by atoms with E-state index < -0.39 is 5.97 Å². The highest BCUT2D eigenvalue weighted by molar-refractivity contribution is 5.71. The Labute approximate surface area is 100 Å². The van der Waals surface area contributed by atoms with E-state index >= 15 is 0 Å². The average Bonchev–Trinajstić information content (AvgIpc) is 2.63. The van der Waals surface area contributed by atoms with E-state index in [2.05, 4.69) is 0 Å². The number of carboxylic acid groups (broad SMARTS) is 1. The van der Waals surface area contributed by atoms with E-state index in [0.717, 1.165) is 35.3 Å². The molecule has 0 heterocycles. The lowest BCUT2D eigenvalue weighted by Crippen LogP contribution is -2.19. The van der Waals surface area contributed by atoms with Crippen molar-refractivity contribution < 1.29 is 14.6 Å². The summed E-state index contributed by atoms with van der Waals surface area (Å²) in [5, 5.41) is 8.87. The number of fused-ring (bicyclic) bond motifs is 1. The quantitative estimate of drug-likeness (QED) is 0.820. The SMILES string of the molecule is CCOc1ccc(CC(=O)O)c2c1CC(N)C2. The minimum absolute atomic E-state index is 0.0570. The largest absolute Gasteiger partial charge is 0.494 e. The fourth-order valence-electron chi connectivity index (χ4n) is 2.41. The highest BCUT2D eigenvalue weighted by Crippen LogP contribution is 2.33. The third-order valence-electron chi connectivity index (χ3n) is 3.06. The molecule has 1 aliphatic carbocycles. The van der Waals surface area contributed by atoms with Crippen LogP contribution in [0.2, 0.25) is 0 Å². The molecule has 0 radical (unpaired) electrons. The number of ether oxygens (including phenoxy) is 1. The molecule has 0 bridgehead atoms. The highest BCUT2D eigenvalue weighted by atomic mass is 16.5. The van der Waals surface area contributed by atoms with Gasteiger partial charge < -0.3 is 15.6 Å². The first-order chi connectivity index (χ1) is 8.11. The van der Waals surface area contributed by atoms with Gasteiger partial charge in [0, 0.05) is 6.04 Å². The second-order valence-corrected chi connectivity index (χ2v) is 4.35. The van der Waals surface area contributed by atoms with Gasteiger partial charge in [-0.2, -0.15) is 0 Å². The van der Waals surface area contributed by atoms with E-state index in [0.29, 0.717) is 6.61 Å². The van der Waals surface area contributed by atoms with Gasteiger partial charge >= 0.3 is 5.97 Å². The molecular formula is C13H17NO3. The first-order valence-electron chi connectivity index (χ1n) is 5.85. The molecule has 1 atom stereocenters. The molecular weight excluding hydrogens is 218 g/mol. The maximum Gasteiger partial charge on any atom is 0.307 e. The summed E-state index contributed by atoms with van der Waals surface area (Å²) in [5.41, 5.74) is 8.98. The van der Waals surface area contributed by atoms with E-state index in [1.807, 2.05) is 19.1 Å². The maximum absolute atomic E-state index is 10.8. The molecule has 0 amide bonds. The number of carbonyl (C=O) groups is 1. The highest BCUT2D eigenvalue weighted by Gasteiger charge is 2.25. The lowest BCUT2D eigenvalue weighted by molar-refractivity contribution is -0.136. The molecule has 0 fully saturated rings. The number of nitrogens with two attached hydrogens (primary N) is 1. The minimum Gasteiger partial charge on any atom is -0.494 e. The summed E-state index contributed by atoms with van der Waals surface area (Å²) in [6, 6.07) is 3.79. The second-order valence-electron chi connectivity index (χ2n) is 4.35. The molecule has 0 aliphatic heterocycles. The Morgan fingerprint density at radius 1 is 1.47 bits per heavy atom. The second kappa shape index (κ2) is 4.75. The van der Waals surface area contributed by atoms with Gasteiger partial charge in [-0.3, -0.25) is 4.79 Å². The van der Waals surface area contributed by atoms with Crippen LogP contribution in [0, 0.1) is 0 Å². The summed E-state index contributed by atoms with van der Waals surface area (Å²) in [4.78, 5) is 10.8. The van der Waals surface area contributed by atoms with Crippen LogP contribution in [0.25, 0.3) is 0 Å². The van der Waals surface area contributed by atoms with E-state index in [1.54, 1.807) is 0 Å². The molecule has 0 spiro atoms. The summed E-state index contributed by atoms with van der Waals surface area (Å²) in [6.45, 7) is 2.55. The lowest BCUT2D eigenvalue weighted by Gasteiger charge is -2.12. The molecule has 1 aliphatic rings. The summed E-state index contributed by atoms with van der Waals surface area (Å²) in [7, 11) is 0. The Kier molecular flexibility index (Phi) is 3.33. The Bertz CT molecular complexity index is 443. The average molecular weight is 235 g/mol. The van der Waals surface area contributed by atoms with Crippen molar-refractivity contribution in [1.29, 1.82) is 0 Å². The number of benzene rings is 1. The lowest BCUT2D eigenvalue weighted by atomic mass is 10.00. The number of hydrogen-bond acceptors (Lipinski definition) is 3. The predicted octanol–water partition coefficient (Wildman–Crippen LogP) is 1.14. The van der Waals surface area contributed by atoms with Crippen molar-refractivity contribution in [2.75, 3.05) is 6.61 Å². The van der Waals surface area contributed by atoms with E-state index in [1.165, 1.54) is 0 Å². The van der Waals surface area contributed by atoms with Crippen LogP contribution in [0.1, 0.15) is 23.6 Å². The zero-order valence-electron chi connectivity index (χ0n) is 9.90. The third kappa shape index (κ3) is 2.42. The van der Waals surface area contributed by atoms with Gasteiger partial charge in [-0.1, -0.05) is 6.07 Å². The number of rotatable bonds is 4. The van der Waals surface area contributed by atoms with Gasteiger partial charge in [0.1, 0.15) is 5.75 Å². The summed E-state index contributed by atoms with van der Waals surface area (Å²) in [5.74, 6) is 0.0430. The van der Waals surface area contributed by atoms with Crippen molar-refractivity contribution in [3.63, 3.8) is 0 Å². The molecule has 4 nitrogen and oxygen atoms in total. The molecule has 0 saturated heterocycles. The fraction of sp³-hybridized carbons (Fsp3) is 0.462. The van der Waals surface area contributed by atoms with Gasteiger partial charge in [0.25, 0.3) is 0 Å². The molecule has 92 valence electrons.